The minimum absolute atomic E-state index is 0. The number of carbonyl (C=O) groups excluding carboxylic acids is 1. The molecule has 0 saturated carbocycles. The van der Waals surface area contributed by atoms with Crippen molar-refractivity contribution in [3.63, 3.8) is 0 Å². The Balaban J connectivity index is 0.00000112. The van der Waals surface area contributed by atoms with Gasteiger partial charge >= 0.3 is 0 Å². The van der Waals surface area contributed by atoms with E-state index >= 15 is 0 Å². The van der Waals surface area contributed by atoms with Gasteiger partial charge in [0.25, 0.3) is 0 Å². The third-order valence-corrected chi connectivity index (χ3v) is 3.10. The van der Waals surface area contributed by atoms with Crippen LogP contribution in [0.3, 0.4) is 0 Å². The number of rotatable bonds is 3. The Morgan fingerprint density at radius 3 is 2.93 bits per heavy atom. The summed E-state index contributed by atoms with van der Waals surface area (Å²) in [4.78, 5) is 15.8. The lowest BCUT2D eigenvalue weighted by molar-refractivity contribution is -0.121. The molecule has 1 aliphatic heterocycles. The largest absolute Gasteiger partial charge is 0.315 e. The first-order valence-corrected chi connectivity index (χ1v) is 5.63. The number of aryl methyl sites for hydroxylation is 1. The highest BCUT2D eigenvalue weighted by molar-refractivity contribution is 7.13. The zero-order valence-electron chi connectivity index (χ0n) is 8.45. The number of hydrogen-bond acceptors (Lipinski definition) is 4. The van der Waals surface area contributed by atoms with Crippen LogP contribution in [0.1, 0.15) is 12.6 Å². The van der Waals surface area contributed by atoms with Gasteiger partial charge in [-0.2, -0.15) is 0 Å². The fourth-order valence-electron chi connectivity index (χ4n) is 1.21. The first kappa shape index (κ1) is 12.4. The van der Waals surface area contributed by atoms with Crippen LogP contribution in [0.4, 0.5) is 5.13 Å². The standard InChI is InChI=1S/C9H13N3OS.ClH/c1-2-7-5-14-9(11-7)12-8(13)6-3-10-4-6;/h5-6,10H,2-4H2,1H3,(H,11,12,13);1H. The van der Waals surface area contributed by atoms with E-state index in [0.717, 1.165) is 30.3 Å². The molecule has 1 fully saturated rings. The molecule has 1 aromatic rings. The molecule has 84 valence electrons. The Morgan fingerprint density at radius 1 is 1.73 bits per heavy atom. The maximum Gasteiger partial charge on any atom is 0.231 e. The fraction of sp³-hybridized carbons (Fsp3) is 0.556. The summed E-state index contributed by atoms with van der Waals surface area (Å²) >= 11 is 1.49. The van der Waals surface area contributed by atoms with Crippen LogP contribution in [0.15, 0.2) is 5.38 Å². The van der Waals surface area contributed by atoms with Crippen LogP contribution in [-0.4, -0.2) is 24.0 Å². The van der Waals surface area contributed by atoms with Crippen LogP contribution in [-0.2, 0) is 11.2 Å². The maximum atomic E-state index is 11.5. The first-order valence-electron chi connectivity index (χ1n) is 4.75. The normalized spacial score (nSPS) is 15.3. The number of anilines is 1. The Kier molecular flexibility index (Phi) is 4.50. The first-order chi connectivity index (χ1) is 6.79. The van der Waals surface area contributed by atoms with E-state index in [9.17, 15) is 4.79 Å². The van der Waals surface area contributed by atoms with Crippen LogP contribution < -0.4 is 10.6 Å². The summed E-state index contributed by atoms with van der Waals surface area (Å²) < 4.78 is 0. The molecule has 0 aromatic carbocycles. The van der Waals surface area contributed by atoms with E-state index in [2.05, 4.69) is 22.5 Å². The van der Waals surface area contributed by atoms with Gasteiger partial charge in [-0.15, -0.1) is 23.7 Å². The molecule has 0 radical (unpaired) electrons. The zero-order valence-corrected chi connectivity index (χ0v) is 10.1. The molecule has 0 unspecified atom stereocenters. The Bertz CT molecular complexity index is 338. The molecule has 0 atom stereocenters. The summed E-state index contributed by atoms with van der Waals surface area (Å²) in [5.41, 5.74) is 1.04. The van der Waals surface area contributed by atoms with Gasteiger partial charge in [0.05, 0.1) is 11.6 Å². The molecule has 0 spiro atoms. The van der Waals surface area contributed by atoms with Gasteiger partial charge in [-0.25, -0.2) is 4.98 Å². The van der Waals surface area contributed by atoms with E-state index in [1.165, 1.54) is 11.3 Å². The average Bonchev–Trinajstić information content (AvgIpc) is 2.48. The molecule has 1 aliphatic rings. The zero-order chi connectivity index (χ0) is 9.97. The lowest BCUT2D eigenvalue weighted by Crippen LogP contribution is -2.48. The Hall–Kier alpha value is -0.650. The van der Waals surface area contributed by atoms with E-state index in [1.54, 1.807) is 0 Å². The number of carbonyl (C=O) groups is 1. The summed E-state index contributed by atoms with van der Waals surface area (Å²) in [7, 11) is 0. The Morgan fingerprint density at radius 2 is 2.47 bits per heavy atom. The molecule has 1 aromatic heterocycles. The SMILES string of the molecule is CCc1csc(NC(=O)C2CNC2)n1.Cl. The highest BCUT2D eigenvalue weighted by Gasteiger charge is 2.25. The number of thiazole rings is 1. The van der Waals surface area contributed by atoms with Crippen LogP contribution in [0.25, 0.3) is 0 Å². The van der Waals surface area contributed by atoms with Crippen molar-refractivity contribution in [2.75, 3.05) is 18.4 Å². The van der Waals surface area contributed by atoms with E-state index < -0.39 is 0 Å². The third kappa shape index (κ3) is 2.90. The molecule has 2 rings (SSSR count). The van der Waals surface area contributed by atoms with Crippen molar-refractivity contribution in [3.05, 3.63) is 11.1 Å². The second-order valence-corrected chi connectivity index (χ2v) is 4.20. The Labute approximate surface area is 98.9 Å². The van der Waals surface area contributed by atoms with E-state index in [-0.39, 0.29) is 24.2 Å². The smallest absolute Gasteiger partial charge is 0.231 e. The minimum atomic E-state index is 0. The summed E-state index contributed by atoms with van der Waals surface area (Å²) in [5, 5.41) is 8.60. The number of nitrogens with zero attached hydrogens (tertiary/aromatic N) is 1. The second-order valence-electron chi connectivity index (χ2n) is 3.34. The van der Waals surface area contributed by atoms with Crippen molar-refractivity contribution < 1.29 is 4.79 Å². The number of aromatic nitrogens is 1. The van der Waals surface area contributed by atoms with Gasteiger partial charge in [0.15, 0.2) is 5.13 Å². The van der Waals surface area contributed by atoms with Crippen LogP contribution in [0.5, 0.6) is 0 Å². The number of amides is 1. The molecule has 1 amide bonds. The summed E-state index contributed by atoms with van der Waals surface area (Å²) in [6, 6.07) is 0. The number of halogens is 1. The van der Waals surface area contributed by atoms with Crippen molar-refractivity contribution in [2.24, 2.45) is 5.92 Å². The molecular formula is C9H14ClN3OS. The predicted octanol–water partition coefficient (Wildman–Crippen LogP) is 1.29. The highest BCUT2D eigenvalue weighted by Crippen LogP contribution is 2.17. The molecule has 15 heavy (non-hydrogen) atoms. The van der Waals surface area contributed by atoms with Crippen LogP contribution >= 0.6 is 23.7 Å². The fourth-order valence-corrected chi connectivity index (χ4v) is 2.00. The molecule has 2 heterocycles. The van der Waals surface area contributed by atoms with E-state index in [4.69, 9.17) is 0 Å². The summed E-state index contributed by atoms with van der Waals surface area (Å²) in [6.07, 6.45) is 0.914. The monoisotopic (exact) mass is 247 g/mol. The van der Waals surface area contributed by atoms with Gasteiger partial charge in [-0.05, 0) is 6.42 Å². The van der Waals surface area contributed by atoms with Crippen molar-refractivity contribution in [2.45, 2.75) is 13.3 Å². The van der Waals surface area contributed by atoms with Gasteiger partial charge in [0, 0.05) is 18.5 Å². The van der Waals surface area contributed by atoms with Crippen molar-refractivity contribution in [3.8, 4) is 0 Å². The maximum absolute atomic E-state index is 11.5. The quantitative estimate of drug-likeness (QED) is 0.846. The summed E-state index contributed by atoms with van der Waals surface area (Å²) in [5.74, 6) is 0.213. The van der Waals surface area contributed by atoms with Gasteiger partial charge in [-0.3, -0.25) is 4.79 Å². The second kappa shape index (κ2) is 5.44. The average molecular weight is 248 g/mol. The van der Waals surface area contributed by atoms with Crippen LogP contribution in [0.2, 0.25) is 0 Å². The molecule has 0 aliphatic carbocycles. The van der Waals surface area contributed by atoms with Crippen molar-refractivity contribution in [1.82, 2.24) is 10.3 Å². The van der Waals surface area contributed by atoms with Gasteiger partial charge in [0.2, 0.25) is 5.91 Å². The third-order valence-electron chi connectivity index (χ3n) is 2.30. The minimum Gasteiger partial charge on any atom is -0.315 e. The molecule has 4 nitrogen and oxygen atoms in total. The molecule has 0 bridgehead atoms. The van der Waals surface area contributed by atoms with Gasteiger partial charge in [-0.1, -0.05) is 6.92 Å². The van der Waals surface area contributed by atoms with Crippen molar-refractivity contribution in [1.29, 1.82) is 0 Å². The lowest BCUT2D eigenvalue weighted by atomic mass is 10.0. The molecule has 2 N–H and O–H groups in total. The van der Waals surface area contributed by atoms with Gasteiger partial charge in [0.1, 0.15) is 0 Å². The molecule has 6 heteroatoms. The molecular weight excluding hydrogens is 234 g/mol. The van der Waals surface area contributed by atoms with E-state index in [0.29, 0.717) is 0 Å². The number of nitrogens with one attached hydrogen (secondary N) is 2. The van der Waals surface area contributed by atoms with E-state index in [1.807, 2.05) is 5.38 Å². The highest BCUT2D eigenvalue weighted by atomic mass is 35.5. The van der Waals surface area contributed by atoms with Crippen LogP contribution in [0, 0.1) is 5.92 Å². The lowest BCUT2D eigenvalue weighted by Gasteiger charge is -2.25. The van der Waals surface area contributed by atoms with Gasteiger partial charge < -0.3 is 10.6 Å². The topological polar surface area (TPSA) is 54.0 Å². The number of hydrogen-bond donors (Lipinski definition) is 2. The molecule has 1 saturated heterocycles. The summed E-state index contributed by atoms with van der Waals surface area (Å²) in [6.45, 7) is 3.63. The predicted molar refractivity (Wildman–Crippen MR) is 63.7 cm³/mol. The van der Waals surface area contributed by atoms with Crippen molar-refractivity contribution >= 4 is 34.8 Å².